The summed E-state index contributed by atoms with van der Waals surface area (Å²) in [6.45, 7) is 12.2. The van der Waals surface area contributed by atoms with Crippen molar-refractivity contribution in [3.8, 4) is 5.75 Å². The van der Waals surface area contributed by atoms with Gasteiger partial charge in [0.1, 0.15) is 5.75 Å². The highest BCUT2D eigenvalue weighted by atomic mass is 16.5. The predicted molar refractivity (Wildman–Crippen MR) is 93.9 cm³/mol. The summed E-state index contributed by atoms with van der Waals surface area (Å²) in [7, 11) is 0. The van der Waals surface area contributed by atoms with Crippen molar-refractivity contribution in [2.45, 2.75) is 59.1 Å². The lowest BCUT2D eigenvalue weighted by Crippen LogP contribution is -2.52. The number of carbonyl (C=O) groups is 1. The van der Waals surface area contributed by atoms with Gasteiger partial charge in [-0.05, 0) is 55.8 Å². The Morgan fingerprint density at radius 1 is 1.35 bits per heavy atom. The van der Waals surface area contributed by atoms with Gasteiger partial charge in [0.05, 0.1) is 0 Å². The van der Waals surface area contributed by atoms with Gasteiger partial charge >= 0.3 is 0 Å². The number of benzene rings is 1. The van der Waals surface area contributed by atoms with Gasteiger partial charge in [-0.3, -0.25) is 4.79 Å². The monoisotopic (exact) mass is 318 g/mol. The minimum absolute atomic E-state index is 0.0400. The van der Waals surface area contributed by atoms with E-state index in [4.69, 9.17) is 4.74 Å². The Morgan fingerprint density at radius 2 is 2.09 bits per heavy atom. The highest BCUT2D eigenvalue weighted by molar-refractivity contribution is 5.81. The number of hydrogen-bond donors (Lipinski definition) is 2. The number of rotatable bonds is 5. The zero-order valence-electron chi connectivity index (χ0n) is 15.0. The van der Waals surface area contributed by atoms with Crippen LogP contribution in [0.3, 0.4) is 0 Å². The van der Waals surface area contributed by atoms with E-state index in [1.807, 2.05) is 19.9 Å². The Hall–Kier alpha value is -1.55. The third kappa shape index (κ3) is 4.71. The number of aryl methyl sites for hydroxylation is 1. The van der Waals surface area contributed by atoms with Gasteiger partial charge in [-0.25, -0.2) is 0 Å². The molecule has 1 aromatic carbocycles. The Kier molecular flexibility index (Phi) is 6.05. The van der Waals surface area contributed by atoms with Crippen molar-refractivity contribution in [3.63, 3.8) is 0 Å². The molecule has 23 heavy (non-hydrogen) atoms. The second-order valence-corrected chi connectivity index (χ2v) is 7.04. The molecule has 1 amide bonds. The van der Waals surface area contributed by atoms with Crippen LogP contribution in [0.2, 0.25) is 0 Å². The van der Waals surface area contributed by atoms with Crippen molar-refractivity contribution in [1.29, 1.82) is 0 Å². The largest absolute Gasteiger partial charge is 0.481 e. The van der Waals surface area contributed by atoms with Crippen molar-refractivity contribution >= 4 is 5.91 Å². The zero-order valence-corrected chi connectivity index (χ0v) is 15.0. The first-order chi connectivity index (χ1) is 10.9. The van der Waals surface area contributed by atoms with Gasteiger partial charge in [0.2, 0.25) is 0 Å². The molecule has 2 N–H and O–H groups in total. The van der Waals surface area contributed by atoms with E-state index >= 15 is 0 Å². The molecule has 3 unspecified atom stereocenters. The van der Waals surface area contributed by atoms with E-state index in [1.54, 1.807) is 0 Å². The van der Waals surface area contributed by atoms with E-state index in [1.165, 1.54) is 0 Å². The van der Waals surface area contributed by atoms with E-state index in [9.17, 15) is 4.79 Å². The van der Waals surface area contributed by atoms with E-state index in [2.05, 4.69) is 43.5 Å². The molecule has 0 aromatic heterocycles. The number of amides is 1. The number of nitrogens with one attached hydrogen (secondary N) is 2. The fourth-order valence-corrected chi connectivity index (χ4v) is 2.95. The lowest BCUT2D eigenvalue weighted by Gasteiger charge is -2.31. The maximum Gasteiger partial charge on any atom is 0.261 e. The summed E-state index contributed by atoms with van der Waals surface area (Å²) in [4.78, 5) is 12.5. The number of carbonyl (C=O) groups excluding carboxylic acids is 1. The molecule has 0 radical (unpaired) electrons. The Balaban J connectivity index is 2.02. The normalized spacial score (nSPS) is 22.7. The van der Waals surface area contributed by atoms with Crippen LogP contribution in [0.1, 0.15) is 51.2 Å². The quantitative estimate of drug-likeness (QED) is 0.877. The Bertz CT molecular complexity index is 542. The van der Waals surface area contributed by atoms with Gasteiger partial charge in [0.25, 0.3) is 5.91 Å². The molecule has 0 bridgehead atoms. The standard InChI is InChI=1S/C19H30N2O2/c1-12(2)16-7-6-13(3)10-18(16)23-15(5)19(22)21-17-11-20-9-8-14(17)4/h6-7,10,12,14-15,17,20H,8-9,11H2,1-5H3,(H,21,22). The van der Waals surface area contributed by atoms with Crippen molar-refractivity contribution in [2.24, 2.45) is 5.92 Å². The second-order valence-electron chi connectivity index (χ2n) is 7.04. The van der Waals surface area contributed by atoms with Crippen LogP contribution in [0.4, 0.5) is 0 Å². The topological polar surface area (TPSA) is 50.4 Å². The summed E-state index contributed by atoms with van der Waals surface area (Å²) in [6, 6.07) is 6.38. The molecule has 3 atom stereocenters. The first-order valence-corrected chi connectivity index (χ1v) is 8.66. The summed E-state index contributed by atoms with van der Waals surface area (Å²) in [5, 5.41) is 6.46. The summed E-state index contributed by atoms with van der Waals surface area (Å²) in [6.07, 6.45) is 0.596. The van der Waals surface area contributed by atoms with Crippen LogP contribution in [0.15, 0.2) is 18.2 Å². The predicted octanol–water partition coefficient (Wildman–Crippen LogP) is 3.00. The summed E-state index contributed by atoms with van der Waals surface area (Å²) >= 11 is 0. The molecule has 128 valence electrons. The molecule has 2 rings (SSSR count). The van der Waals surface area contributed by atoms with Gasteiger partial charge in [-0.15, -0.1) is 0 Å². The van der Waals surface area contributed by atoms with Crippen LogP contribution in [0.5, 0.6) is 5.75 Å². The van der Waals surface area contributed by atoms with Crippen LogP contribution >= 0.6 is 0 Å². The fourth-order valence-electron chi connectivity index (χ4n) is 2.95. The number of hydrogen-bond acceptors (Lipinski definition) is 3. The molecule has 1 saturated heterocycles. The van der Waals surface area contributed by atoms with Gasteiger partial charge < -0.3 is 15.4 Å². The number of piperidine rings is 1. The second kappa shape index (κ2) is 7.82. The average Bonchev–Trinajstić information content (AvgIpc) is 2.49. The first-order valence-electron chi connectivity index (χ1n) is 8.66. The van der Waals surface area contributed by atoms with Crippen LogP contribution < -0.4 is 15.4 Å². The maximum absolute atomic E-state index is 12.5. The fraction of sp³-hybridized carbons (Fsp3) is 0.632. The lowest BCUT2D eigenvalue weighted by molar-refractivity contribution is -0.128. The highest BCUT2D eigenvalue weighted by Crippen LogP contribution is 2.28. The smallest absolute Gasteiger partial charge is 0.261 e. The van der Waals surface area contributed by atoms with Crippen LogP contribution in [0.25, 0.3) is 0 Å². The highest BCUT2D eigenvalue weighted by Gasteiger charge is 2.25. The Morgan fingerprint density at radius 3 is 2.74 bits per heavy atom. The van der Waals surface area contributed by atoms with Gasteiger partial charge in [-0.1, -0.05) is 32.9 Å². The molecule has 1 aromatic rings. The summed E-state index contributed by atoms with van der Waals surface area (Å²) < 4.78 is 5.99. The zero-order chi connectivity index (χ0) is 17.0. The lowest BCUT2D eigenvalue weighted by atomic mass is 9.94. The molecule has 1 heterocycles. The molecular formula is C19H30N2O2. The van der Waals surface area contributed by atoms with Crippen LogP contribution in [0, 0.1) is 12.8 Å². The van der Waals surface area contributed by atoms with Crippen molar-refractivity contribution < 1.29 is 9.53 Å². The SMILES string of the molecule is Cc1ccc(C(C)C)c(OC(C)C(=O)NC2CNCCC2C)c1. The summed E-state index contributed by atoms with van der Waals surface area (Å²) in [5.74, 6) is 1.64. The van der Waals surface area contributed by atoms with Crippen LogP contribution in [-0.4, -0.2) is 31.1 Å². The van der Waals surface area contributed by atoms with Crippen LogP contribution in [-0.2, 0) is 4.79 Å². The number of ether oxygens (including phenoxy) is 1. The molecule has 0 aliphatic carbocycles. The minimum Gasteiger partial charge on any atom is -0.481 e. The maximum atomic E-state index is 12.5. The van der Waals surface area contributed by atoms with Gasteiger partial charge in [-0.2, -0.15) is 0 Å². The van der Waals surface area contributed by atoms with Crippen molar-refractivity contribution in [1.82, 2.24) is 10.6 Å². The summed E-state index contributed by atoms with van der Waals surface area (Å²) in [5.41, 5.74) is 2.28. The molecule has 1 fully saturated rings. The molecule has 0 spiro atoms. The third-order valence-corrected chi connectivity index (χ3v) is 4.62. The average molecular weight is 318 g/mol. The molecule has 0 saturated carbocycles. The molecule has 4 nitrogen and oxygen atoms in total. The third-order valence-electron chi connectivity index (χ3n) is 4.62. The molecule has 4 heteroatoms. The van der Waals surface area contributed by atoms with Gasteiger partial charge in [0, 0.05) is 12.6 Å². The molecule has 1 aliphatic rings. The first kappa shape index (κ1) is 17.8. The van der Waals surface area contributed by atoms with E-state index < -0.39 is 6.10 Å². The van der Waals surface area contributed by atoms with E-state index in [0.717, 1.165) is 36.4 Å². The minimum atomic E-state index is -0.497. The van der Waals surface area contributed by atoms with Crippen molar-refractivity contribution in [3.05, 3.63) is 29.3 Å². The van der Waals surface area contributed by atoms with Gasteiger partial charge in [0.15, 0.2) is 6.10 Å². The van der Waals surface area contributed by atoms with Crippen molar-refractivity contribution in [2.75, 3.05) is 13.1 Å². The van der Waals surface area contributed by atoms with E-state index in [-0.39, 0.29) is 11.9 Å². The molecular weight excluding hydrogens is 288 g/mol. The molecule has 1 aliphatic heterocycles. The Labute approximate surface area is 140 Å². The van der Waals surface area contributed by atoms with E-state index in [0.29, 0.717) is 11.8 Å².